The van der Waals surface area contributed by atoms with Crippen molar-refractivity contribution in [2.45, 2.75) is 0 Å². The van der Waals surface area contributed by atoms with Gasteiger partial charge in [-0.1, -0.05) is 0 Å². The second kappa shape index (κ2) is 3.59. The first kappa shape index (κ1) is 9.49. The molecule has 2 rings (SSSR count). The first-order chi connectivity index (χ1) is 6.24. The number of hydrogen-bond acceptors (Lipinski definition) is 2. The van der Waals surface area contributed by atoms with Crippen molar-refractivity contribution in [3.63, 3.8) is 0 Å². The number of thiophene rings is 1. The molecule has 1 aromatic heterocycles. The van der Waals surface area contributed by atoms with Gasteiger partial charge in [0.05, 0.1) is 11.6 Å². The lowest BCUT2D eigenvalue weighted by molar-refractivity contribution is 0.417. The predicted molar refractivity (Wildman–Crippen MR) is 63.8 cm³/mol. The van der Waals surface area contributed by atoms with Gasteiger partial charge < -0.3 is 4.74 Å². The molecule has 0 N–H and O–H groups in total. The van der Waals surface area contributed by atoms with E-state index < -0.39 is 0 Å². The molecule has 1 heterocycles. The Morgan fingerprint density at radius 1 is 1.23 bits per heavy atom. The molecule has 0 atom stereocenters. The lowest BCUT2D eigenvalue weighted by atomic mass is 10.2. The molecule has 0 saturated carbocycles. The van der Waals surface area contributed by atoms with Crippen LogP contribution in [-0.2, 0) is 0 Å². The highest BCUT2D eigenvalue weighted by atomic mass is 79.9. The van der Waals surface area contributed by atoms with Gasteiger partial charge in [-0.25, -0.2) is 0 Å². The zero-order chi connectivity index (χ0) is 9.42. The third kappa shape index (κ3) is 1.51. The third-order valence-corrected chi connectivity index (χ3v) is 4.30. The Balaban J connectivity index is 2.88. The smallest absolute Gasteiger partial charge is 0.142 e. The number of ether oxygens (including phenoxy) is 1. The summed E-state index contributed by atoms with van der Waals surface area (Å²) in [5, 5.41) is 3.21. The highest BCUT2D eigenvalue weighted by Gasteiger charge is 2.10. The lowest BCUT2D eigenvalue weighted by Gasteiger charge is -2.04. The van der Waals surface area contributed by atoms with Crippen molar-refractivity contribution in [3.8, 4) is 5.75 Å². The Hall–Kier alpha value is -0.0600. The first-order valence-corrected chi connectivity index (χ1v) is 6.10. The molecule has 1 aromatic carbocycles. The Morgan fingerprint density at radius 3 is 2.69 bits per heavy atom. The molecule has 2 aromatic rings. The fourth-order valence-electron chi connectivity index (χ4n) is 1.24. The molecule has 0 bridgehead atoms. The van der Waals surface area contributed by atoms with E-state index in [1.807, 2.05) is 6.07 Å². The molecule has 68 valence electrons. The van der Waals surface area contributed by atoms with Crippen molar-refractivity contribution in [1.29, 1.82) is 0 Å². The Labute approximate surface area is 97.0 Å². The molecule has 0 unspecified atom stereocenters. The van der Waals surface area contributed by atoms with E-state index in [9.17, 15) is 0 Å². The van der Waals surface area contributed by atoms with E-state index in [-0.39, 0.29) is 0 Å². The molecule has 0 radical (unpaired) electrons. The molecule has 4 heteroatoms. The highest BCUT2D eigenvalue weighted by Crippen LogP contribution is 2.41. The molecule has 0 aliphatic carbocycles. The summed E-state index contributed by atoms with van der Waals surface area (Å²) in [4.78, 5) is 0. The van der Waals surface area contributed by atoms with Crippen molar-refractivity contribution < 1.29 is 4.74 Å². The minimum Gasteiger partial charge on any atom is -0.495 e. The van der Waals surface area contributed by atoms with E-state index in [2.05, 4.69) is 43.3 Å². The van der Waals surface area contributed by atoms with Gasteiger partial charge in [-0.15, -0.1) is 11.3 Å². The zero-order valence-corrected chi connectivity index (χ0v) is 10.8. The van der Waals surface area contributed by atoms with Crippen molar-refractivity contribution in [2.24, 2.45) is 0 Å². The van der Waals surface area contributed by atoms with Crippen LogP contribution in [0.1, 0.15) is 0 Å². The standard InChI is InChI=1S/C9H6Br2OS/c1-12-9-5(10)2-3-7-8(9)6(11)4-13-7/h2-4H,1H3. The summed E-state index contributed by atoms with van der Waals surface area (Å²) in [6.07, 6.45) is 0. The van der Waals surface area contributed by atoms with Crippen molar-refractivity contribution >= 4 is 53.3 Å². The number of hydrogen-bond donors (Lipinski definition) is 0. The summed E-state index contributed by atoms with van der Waals surface area (Å²) in [6, 6.07) is 4.08. The van der Waals surface area contributed by atoms with Crippen LogP contribution < -0.4 is 4.74 Å². The normalized spacial score (nSPS) is 10.7. The van der Waals surface area contributed by atoms with E-state index in [0.29, 0.717) is 0 Å². The average molecular weight is 322 g/mol. The van der Waals surface area contributed by atoms with Crippen molar-refractivity contribution in [2.75, 3.05) is 7.11 Å². The molecule has 0 aliphatic heterocycles. The largest absolute Gasteiger partial charge is 0.495 e. The van der Waals surface area contributed by atoms with E-state index in [1.54, 1.807) is 18.4 Å². The number of halogens is 2. The molecule has 0 spiro atoms. The average Bonchev–Trinajstić information content (AvgIpc) is 2.49. The van der Waals surface area contributed by atoms with Crippen LogP contribution in [0, 0.1) is 0 Å². The molecule has 1 nitrogen and oxygen atoms in total. The maximum absolute atomic E-state index is 5.33. The Bertz CT molecular complexity index is 450. The van der Waals surface area contributed by atoms with Crippen LogP contribution in [0.25, 0.3) is 10.1 Å². The minimum atomic E-state index is 0.894. The molecule has 0 amide bonds. The van der Waals surface area contributed by atoms with E-state index in [1.165, 1.54) is 4.70 Å². The number of methoxy groups -OCH3 is 1. The van der Waals surface area contributed by atoms with Gasteiger partial charge in [0.2, 0.25) is 0 Å². The summed E-state index contributed by atoms with van der Waals surface area (Å²) in [7, 11) is 1.68. The van der Waals surface area contributed by atoms with Gasteiger partial charge in [0.1, 0.15) is 5.75 Å². The lowest BCUT2D eigenvalue weighted by Crippen LogP contribution is -1.84. The molecule has 13 heavy (non-hydrogen) atoms. The second-order valence-corrected chi connectivity index (χ2v) is 5.16. The summed E-state index contributed by atoms with van der Waals surface area (Å²) in [5.74, 6) is 0.894. The molecule has 0 saturated heterocycles. The van der Waals surface area contributed by atoms with Gasteiger partial charge in [-0.05, 0) is 44.0 Å². The van der Waals surface area contributed by atoms with Gasteiger partial charge in [0.25, 0.3) is 0 Å². The van der Waals surface area contributed by atoms with Gasteiger partial charge in [0, 0.05) is 19.9 Å². The van der Waals surface area contributed by atoms with Gasteiger partial charge in [0.15, 0.2) is 0 Å². The zero-order valence-electron chi connectivity index (χ0n) is 6.80. The van der Waals surface area contributed by atoms with Crippen molar-refractivity contribution in [3.05, 3.63) is 26.5 Å². The van der Waals surface area contributed by atoms with Crippen LogP contribution in [0.3, 0.4) is 0 Å². The van der Waals surface area contributed by atoms with Gasteiger partial charge in [-0.2, -0.15) is 0 Å². The minimum absolute atomic E-state index is 0.894. The van der Waals surface area contributed by atoms with Crippen LogP contribution in [0.15, 0.2) is 26.5 Å². The van der Waals surface area contributed by atoms with Crippen LogP contribution in [0.2, 0.25) is 0 Å². The monoisotopic (exact) mass is 320 g/mol. The molecular weight excluding hydrogens is 316 g/mol. The summed E-state index contributed by atoms with van der Waals surface area (Å²) in [5.41, 5.74) is 0. The van der Waals surface area contributed by atoms with Gasteiger partial charge >= 0.3 is 0 Å². The SMILES string of the molecule is COc1c(Br)ccc2scc(Br)c12. The fraction of sp³-hybridized carbons (Fsp3) is 0.111. The van der Waals surface area contributed by atoms with Gasteiger partial charge in [-0.3, -0.25) is 0 Å². The van der Waals surface area contributed by atoms with E-state index in [4.69, 9.17) is 4.74 Å². The highest BCUT2D eigenvalue weighted by molar-refractivity contribution is 9.11. The molecule has 0 aliphatic rings. The van der Waals surface area contributed by atoms with Crippen LogP contribution in [-0.4, -0.2) is 7.11 Å². The number of benzene rings is 1. The van der Waals surface area contributed by atoms with Crippen LogP contribution in [0.4, 0.5) is 0 Å². The van der Waals surface area contributed by atoms with Crippen molar-refractivity contribution in [1.82, 2.24) is 0 Å². The van der Waals surface area contributed by atoms with Crippen LogP contribution >= 0.6 is 43.2 Å². The van der Waals surface area contributed by atoms with E-state index >= 15 is 0 Å². The summed E-state index contributed by atoms with van der Waals surface area (Å²) in [6.45, 7) is 0. The maximum atomic E-state index is 5.33. The quantitative estimate of drug-likeness (QED) is 0.754. The Morgan fingerprint density at radius 2 is 2.00 bits per heavy atom. The molecular formula is C9H6Br2OS. The summed E-state index contributed by atoms with van der Waals surface area (Å²) < 4.78 is 8.63. The third-order valence-electron chi connectivity index (χ3n) is 1.80. The summed E-state index contributed by atoms with van der Waals surface area (Å²) >= 11 is 8.66. The number of rotatable bonds is 1. The van der Waals surface area contributed by atoms with E-state index in [0.717, 1.165) is 20.1 Å². The molecule has 0 fully saturated rings. The first-order valence-electron chi connectivity index (χ1n) is 3.63. The predicted octanol–water partition coefficient (Wildman–Crippen LogP) is 4.43. The topological polar surface area (TPSA) is 9.23 Å². The number of fused-ring (bicyclic) bond motifs is 1. The maximum Gasteiger partial charge on any atom is 0.142 e. The van der Waals surface area contributed by atoms with Crippen LogP contribution in [0.5, 0.6) is 5.75 Å². The Kier molecular flexibility index (Phi) is 2.62. The fourth-order valence-corrected chi connectivity index (χ4v) is 3.35. The second-order valence-electron chi connectivity index (χ2n) is 2.54.